The van der Waals surface area contributed by atoms with E-state index >= 15 is 0 Å². The highest BCUT2D eigenvalue weighted by Crippen LogP contribution is 2.34. The zero-order chi connectivity index (χ0) is 26.7. The number of piperazine rings is 1. The standard InChI is InChI=1S/C27H27F3N6O2/c1-35-8-10-36(11-9-35)16-19-2-5-22(13-24(19)27(28,29)30)33-25(37)17-38-23-6-3-18(4-7-23)20-12-21-15-32-34-26(21)31-14-20/h2-7,12-15H,8-11,16-17H2,1H3,(H,33,37)(H,31,32,34). The number of pyridine rings is 1. The molecule has 8 nitrogen and oxygen atoms in total. The van der Waals surface area contributed by atoms with Crippen LogP contribution in [0, 0.1) is 0 Å². The summed E-state index contributed by atoms with van der Waals surface area (Å²) in [4.78, 5) is 20.9. The fourth-order valence-corrected chi connectivity index (χ4v) is 4.39. The van der Waals surface area contributed by atoms with Crippen LogP contribution in [0.4, 0.5) is 18.9 Å². The fraction of sp³-hybridized carbons (Fsp3) is 0.296. The van der Waals surface area contributed by atoms with Gasteiger partial charge in [-0.2, -0.15) is 18.3 Å². The number of amides is 1. The number of H-pyrrole nitrogens is 1. The van der Waals surface area contributed by atoms with Gasteiger partial charge in [0, 0.05) is 55.6 Å². The maximum absolute atomic E-state index is 13.8. The van der Waals surface area contributed by atoms with Crippen molar-refractivity contribution in [3.05, 3.63) is 72.1 Å². The number of aromatic nitrogens is 3. The molecule has 3 heterocycles. The van der Waals surface area contributed by atoms with Crippen molar-refractivity contribution in [2.75, 3.05) is 45.2 Å². The van der Waals surface area contributed by atoms with Gasteiger partial charge in [-0.15, -0.1) is 0 Å². The van der Waals surface area contributed by atoms with Gasteiger partial charge in [0.1, 0.15) is 5.75 Å². The number of fused-ring (bicyclic) bond motifs is 1. The lowest BCUT2D eigenvalue weighted by molar-refractivity contribution is -0.138. The van der Waals surface area contributed by atoms with E-state index in [1.165, 1.54) is 12.1 Å². The van der Waals surface area contributed by atoms with Gasteiger partial charge in [-0.3, -0.25) is 14.8 Å². The molecule has 1 fully saturated rings. The van der Waals surface area contributed by atoms with Crippen LogP contribution in [0.1, 0.15) is 11.1 Å². The van der Waals surface area contributed by atoms with E-state index in [1.807, 2.05) is 30.1 Å². The van der Waals surface area contributed by atoms with Gasteiger partial charge in [0.2, 0.25) is 0 Å². The molecular formula is C27H27F3N6O2. The predicted molar refractivity (Wildman–Crippen MR) is 138 cm³/mol. The molecule has 0 aliphatic carbocycles. The Hall–Kier alpha value is -3.96. The van der Waals surface area contributed by atoms with E-state index in [0.29, 0.717) is 24.5 Å². The smallest absolute Gasteiger partial charge is 0.416 e. The van der Waals surface area contributed by atoms with Gasteiger partial charge >= 0.3 is 6.18 Å². The molecule has 2 aromatic heterocycles. The summed E-state index contributed by atoms with van der Waals surface area (Å²) in [7, 11) is 2.00. The Morgan fingerprint density at radius 1 is 1.03 bits per heavy atom. The van der Waals surface area contributed by atoms with Crippen LogP contribution in [0.25, 0.3) is 22.2 Å². The molecule has 2 N–H and O–H groups in total. The Kier molecular flexibility index (Phi) is 7.30. The maximum atomic E-state index is 13.8. The Balaban J connectivity index is 1.19. The molecule has 1 aliphatic heterocycles. The van der Waals surface area contributed by atoms with Crippen molar-refractivity contribution in [2.24, 2.45) is 0 Å². The van der Waals surface area contributed by atoms with Crippen molar-refractivity contribution in [1.29, 1.82) is 0 Å². The molecule has 11 heteroatoms. The topological polar surface area (TPSA) is 86.4 Å². The predicted octanol–water partition coefficient (Wildman–Crippen LogP) is 4.41. The molecule has 0 atom stereocenters. The third-order valence-corrected chi connectivity index (χ3v) is 6.54. The van der Waals surface area contributed by atoms with Crippen LogP contribution in [-0.2, 0) is 17.5 Å². The number of hydrogen-bond donors (Lipinski definition) is 2. The summed E-state index contributed by atoms with van der Waals surface area (Å²) in [6.07, 6.45) is -1.10. The van der Waals surface area contributed by atoms with Crippen LogP contribution >= 0.6 is 0 Å². The molecule has 1 aliphatic rings. The average Bonchev–Trinajstić information content (AvgIpc) is 3.37. The Bertz CT molecular complexity index is 1410. The van der Waals surface area contributed by atoms with E-state index in [2.05, 4.69) is 25.4 Å². The number of alkyl halides is 3. The SMILES string of the molecule is CN1CCN(Cc2ccc(NC(=O)COc3ccc(-c4cnc5[nH]ncc5c4)cc3)cc2C(F)(F)F)CC1. The first-order chi connectivity index (χ1) is 18.2. The van der Waals surface area contributed by atoms with Gasteiger partial charge in [0.15, 0.2) is 12.3 Å². The molecule has 1 amide bonds. The van der Waals surface area contributed by atoms with E-state index in [4.69, 9.17) is 4.74 Å². The molecule has 0 spiro atoms. The minimum absolute atomic E-state index is 0.0746. The number of halogens is 3. The monoisotopic (exact) mass is 524 g/mol. The normalized spacial score (nSPS) is 15.1. The van der Waals surface area contributed by atoms with Crippen LogP contribution in [0.3, 0.4) is 0 Å². The molecule has 2 aromatic carbocycles. The summed E-state index contributed by atoms with van der Waals surface area (Å²) in [6, 6.07) is 13.0. The summed E-state index contributed by atoms with van der Waals surface area (Å²) in [5, 5.41) is 10.2. The number of nitrogens with zero attached hydrogens (tertiary/aromatic N) is 4. The molecule has 1 saturated heterocycles. The number of aromatic amines is 1. The summed E-state index contributed by atoms with van der Waals surface area (Å²) >= 11 is 0. The zero-order valence-electron chi connectivity index (χ0n) is 20.8. The van der Waals surface area contributed by atoms with Gasteiger partial charge in [-0.05, 0) is 48.5 Å². The second-order valence-corrected chi connectivity index (χ2v) is 9.34. The second-order valence-electron chi connectivity index (χ2n) is 9.34. The van der Waals surface area contributed by atoms with Crippen LogP contribution in [0.2, 0.25) is 0 Å². The number of benzene rings is 2. The van der Waals surface area contributed by atoms with Crippen LogP contribution in [-0.4, -0.2) is 70.7 Å². The van der Waals surface area contributed by atoms with E-state index < -0.39 is 17.6 Å². The quantitative estimate of drug-likeness (QED) is 0.373. The van der Waals surface area contributed by atoms with Crippen LogP contribution in [0.15, 0.2) is 60.9 Å². The number of ether oxygens (including phenoxy) is 1. The summed E-state index contributed by atoms with van der Waals surface area (Å²) in [6.45, 7) is 2.92. The first-order valence-electron chi connectivity index (χ1n) is 12.2. The van der Waals surface area contributed by atoms with Crippen molar-refractivity contribution in [3.8, 4) is 16.9 Å². The lowest BCUT2D eigenvalue weighted by atomic mass is 10.0. The molecule has 0 bridgehead atoms. The summed E-state index contributed by atoms with van der Waals surface area (Å²) in [5.41, 5.74) is 2.04. The van der Waals surface area contributed by atoms with Crippen molar-refractivity contribution in [1.82, 2.24) is 25.0 Å². The van der Waals surface area contributed by atoms with Gasteiger partial charge in [-0.1, -0.05) is 18.2 Å². The molecule has 0 saturated carbocycles. The number of nitrogens with one attached hydrogen (secondary N) is 2. The van der Waals surface area contributed by atoms with Crippen molar-refractivity contribution < 1.29 is 22.7 Å². The molecule has 198 valence electrons. The third kappa shape index (κ3) is 6.12. The van der Waals surface area contributed by atoms with Gasteiger partial charge in [0.25, 0.3) is 5.91 Å². The first kappa shape index (κ1) is 25.7. The Labute approximate surface area is 217 Å². The Morgan fingerprint density at radius 3 is 2.53 bits per heavy atom. The third-order valence-electron chi connectivity index (χ3n) is 6.54. The summed E-state index contributed by atoms with van der Waals surface area (Å²) < 4.78 is 46.9. The highest BCUT2D eigenvalue weighted by Gasteiger charge is 2.34. The number of rotatable bonds is 7. The summed E-state index contributed by atoms with van der Waals surface area (Å²) in [5.74, 6) is -0.0941. The van der Waals surface area contributed by atoms with E-state index in [-0.39, 0.29) is 24.4 Å². The largest absolute Gasteiger partial charge is 0.484 e. The van der Waals surface area contributed by atoms with Crippen LogP contribution < -0.4 is 10.1 Å². The molecule has 5 rings (SSSR count). The lowest BCUT2D eigenvalue weighted by Crippen LogP contribution is -2.44. The average molecular weight is 525 g/mol. The van der Waals surface area contributed by atoms with E-state index in [9.17, 15) is 18.0 Å². The first-order valence-corrected chi connectivity index (χ1v) is 12.2. The molecule has 0 unspecified atom stereocenters. The van der Waals surface area contributed by atoms with Crippen molar-refractivity contribution >= 4 is 22.6 Å². The molecule has 4 aromatic rings. The highest BCUT2D eigenvalue weighted by molar-refractivity contribution is 5.92. The zero-order valence-corrected chi connectivity index (χ0v) is 20.8. The molecule has 0 radical (unpaired) electrons. The minimum Gasteiger partial charge on any atom is -0.484 e. The number of likely N-dealkylation sites (N-methyl/N-ethyl adjacent to an activating group) is 1. The van der Waals surface area contributed by atoms with Gasteiger partial charge < -0.3 is 15.0 Å². The highest BCUT2D eigenvalue weighted by atomic mass is 19.4. The number of hydrogen-bond acceptors (Lipinski definition) is 6. The Morgan fingerprint density at radius 2 is 1.79 bits per heavy atom. The number of carbonyl (C=O) groups is 1. The van der Waals surface area contributed by atoms with Gasteiger partial charge in [-0.25, -0.2) is 4.98 Å². The van der Waals surface area contributed by atoms with E-state index in [1.54, 1.807) is 24.5 Å². The second kappa shape index (κ2) is 10.8. The lowest BCUT2D eigenvalue weighted by Gasteiger charge is -2.33. The van der Waals surface area contributed by atoms with Crippen LogP contribution in [0.5, 0.6) is 5.75 Å². The minimum atomic E-state index is -4.53. The van der Waals surface area contributed by atoms with E-state index in [0.717, 1.165) is 35.7 Å². The van der Waals surface area contributed by atoms with Crippen molar-refractivity contribution in [2.45, 2.75) is 12.7 Å². The van der Waals surface area contributed by atoms with Crippen molar-refractivity contribution in [3.63, 3.8) is 0 Å². The maximum Gasteiger partial charge on any atom is 0.416 e. The van der Waals surface area contributed by atoms with Gasteiger partial charge in [0.05, 0.1) is 11.8 Å². The number of carbonyl (C=O) groups excluding carboxylic acids is 1. The number of anilines is 1. The molecule has 38 heavy (non-hydrogen) atoms. The molecular weight excluding hydrogens is 497 g/mol. The fourth-order valence-electron chi connectivity index (χ4n) is 4.39.